The summed E-state index contributed by atoms with van der Waals surface area (Å²) in [7, 11) is 0. The fourth-order valence-corrected chi connectivity index (χ4v) is 3.67. The molecule has 0 aliphatic heterocycles. The van der Waals surface area contributed by atoms with E-state index in [0.29, 0.717) is 27.0 Å². The zero-order valence-electron chi connectivity index (χ0n) is 15.5. The number of hydrogen-bond acceptors (Lipinski definition) is 3. The number of rotatable bonds is 4. The van der Waals surface area contributed by atoms with Crippen molar-refractivity contribution in [2.24, 2.45) is 4.99 Å². The molecule has 0 saturated carbocycles. The van der Waals surface area contributed by atoms with Gasteiger partial charge < -0.3 is 4.74 Å². The lowest BCUT2D eigenvalue weighted by atomic mass is 10.0. The van der Waals surface area contributed by atoms with Crippen molar-refractivity contribution in [2.45, 2.75) is 0 Å². The third-order valence-corrected chi connectivity index (χ3v) is 5.34. The number of fused-ring (bicyclic) bond motifs is 1. The SMILES string of the molecule is O=C(Oc1ccc2ccccc2c1C=Nc1ccccc1Cl)c1ccc(Cl)cc1Cl. The van der Waals surface area contributed by atoms with Crippen LogP contribution in [0, 0.1) is 0 Å². The second kappa shape index (κ2) is 8.88. The minimum atomic E-state index is -0.584. The minimum absolute atomic E-state index is 0.222. The molecule has 148 valence electrons. The molecule has 0 unspecified atom stereocenters. The van der Waals surface area contributed by atoms with E-state index in [0.717, 1.165) is 10.8 Å². The molecular formula is C24H14Cl3NO2. The maximum absolute atomic E-state index is 12.7. The van der Waals surface area contributed by atoms with Crippen molar-refractivity contribution >= 4 is 63.4 Å². The van der Waals surface area contributed by atoms with Crippen molar-refractivity contribution in [3.8, 4) is 5.75 Å². The van der Waals surface area contributed by atoms with Crippen LogP contribution in [0.2, 0.25) is 15.1 Å². The Hall–Kier alpha value is -2.85. The van der Waals surface area contributed by atoms with Crippen LogP contribution >= 0.6 is 34.8 Å². The zero-order chi connectivity index (χ0) is 21.1. The van der Waals surface area contributed by atoms with Crippen molar-refractivity contribution in [1.29, 1.82) is 0 Å². The van der Waals surface area contributed by atoms with E-state index in [9.17, 15) is 4.79 Å². The molecule has 0 fully saturated rings. The van der Waals surface area contributed by atoms with Gasteiger partial charge in [-0.2, -0.15) is 0 Å². The molecule has 0 bridgehead atoms. The molecule has 30 heavy (non-hydrogen) atoms. The van der Waals surface area contributed by atoms with E-state index in [1.54, 1.807) is 24.4 Å². The molecule has 0 N–H and O–H groups in total. The Morgan fingerprint density at radius 1 is 0.833 bits per heavy atom. The first-order valence-electron chi connectivity index (χ1n) is 9.00. The van der Waals surface area contributed by atoms with Gasteiger partial charge in [-0.3, -0.25) is 4.99 Å². The number of carbonyl (C=O) groups is 1. The van der Waals surface area contributed by atoms with Gasteiger partial charge in [-0.15, -0.1) is 0 Å². The second-order valence-corrected chi connectivity index (χ2v) is 7.67. The smallest absolute Gasteiger partial charge is 0.345 e. The monoisotopic (exact) mass is 453 g/mol. The number of aliphatic imine (C=N–C) groups is 1. The molecule has 6 heteroatoms. The van der Waals surface area contributed by atoms with Gasteiger partial charge in [0.05, 0.1) is 21.3 Å². The highest BCUT2D eigenvalue weighted by Crippen LogP contribution is 2.30. The van der Waals surface area contributed by atoms with Crippen LogP contribution in [0.5, 0.6) is 5.75 Å². The Bertz CT molecular complexity index is 1280. The van der Waals surface area contributed by atoms with Gasteiger partial charge in [-0.1, -0.05) is 77.3 Å². The van der Waals surface area contributed by atoms with Crippen molar-refractivity contribution in [3.63, 3.8) is 0 Å². The van der Waals surface area contributed by atoms with Gasteiger partial charge in [0.15, 0.2) is 0 Å². The maximum atomic E-state index is 12.7. The Morgan fingerprint density at radius 3 is 2.40 bits per heavy atom. The van der Waals surface area contributed by atoms with E-state index < -0.39 is 5.97 Å². The molecule has 0 saturated heterocycles. The van der Waals surface area contributed by atoms with Gasteiger partial charge >= 0.3 is 5.97 Å². The van der Waals surface area contributed by atoms with Crippen LogP contribution in [0.25, 0.3) is 10.8 Å². The number of halogens is 3. The molecule has 0 aliphatic rings. The number of hydrogen-bond donors (Lipinski definition) is 0. The van der Waals surface area contributed by atoms with Crippen LogP contribution in [0.15, 0.2) is 83.9 Å². The summed E-state index contributed by atoms with van der Waals surface area (Å²) in [5, 5.41) is 3.07. The Morgan fingerprint density at radius 2 is 1.60 bits per heavy atom. The molecule has 0 atom stereocenters. The van der Waals surface area contributed by atoms with Gasteiger partial charge in [0.2, 0.25) is 0 Å². The van der Waals surface area contributed by atoms with Crippen molar-refractivity contribution in [2.75, 3.05) is 0 Å². The number of carbonyl (C=O) groups excluding carboxylic acids is 1. The van der Waals surface area contributed by atoms with Crippen LogP contribution in [0.3, 0.4) is 0 Å². The molecule has 0 heterocycles. The molecule has 0 spiro atoms. The van der Waals surface area contributed by atoms with Gasteiger partial charge in [-0.05, 0) is 47.2 Å². The number of esters is 1. The third-order valence-electron chi connectivity index (χ3n) is 4.47. The molecule has 0 aliphatic carbocycles. The Balaban J connectivity index is 1.77. The average Bonchev–Trinajstić information content (AvgIpc) is 2.74. The van der Waals surface area contributed by atoms with Crippen LogP contribution in [-0.2, 0) is 0 Å². The highest BCUT2D eigenvalue weighted by molar-refractivity contribution is 6.36. The molecule has 4 rings (SSSR count). The van der Waals surface area contributed by atoms with E-state index in [4.69, 9.17) is 39.5 Å². The Labute approximate surface area is 188 Å². The van der Waals surface area contributed by atoms with Crippen molar-refractivity contribution in [1.82, 2.24) is 0 Å². The summed E-state index contributed by atoms with van der Waals surface area (Å²) in [4.78, 5) is 17.3. The van der Waals surface area contributed by atoms with Crippen LogP contribution in [-0.4, -0.2) is 12.2 Å². The van der Waals surface area contributed by atoms with E-state index in [-0.39, 0.29) is 10.6 Å². The predicted octanol–water partition coefficient (Wildman–Crippen LogP) is 7.77. The van der Waals surface area contributed by atoms with Crippen molar-refractivity contribution in [3.05, 3.63) is 105 Å². The minimum Gasteiger partial charge on any atom is -0.422 e. The summed E-state index contributed by atoms with van der Waals surface area (Å²) in [5.41, 5.74) is 1.50. The fraction of sp³-hybridized carbons (Fsp3) is 0. The first-order valence-corrected chi connectivity index (χ1v) is 10.1. The van der Waals surface area contributed by atoms with E-state index >= 15 is 0 Å². The summed E-state index contributed by atoms with van der Waals surface area (Å²) in [6, 6.07) is 23.3. The van der Waals surface area contributed by atoms with Crippen LogP contribution in [0.1, 0.15) is 15.9 Å². The summed E-state index contributed by atoms with van der Waals surface area (Å²) in [6.45, 7) is 0. The second-order valence-electron chi connectivity index (χ2n) is 6.42. The molecule has 4 aromatic rings. The van der Waals surface area contributed by atoms with Gasteiger partial charge in [0, 0.05) is 16.8 Å². The lowest BCUT2D eigenvalue weighted by Crippen LogP contribution is -2.10. The van der Waals surface area contributed by atoms with E-state index in [1.807, 2.05) is 48.5 Å². The number of benzene rings is 4. The van der Waals surface area contributed by atoms with Crippen molar-refractivity contribution < 1.29 is 9.53 Å². The lowest BCUT2D eigenvalue weighted by Gasteiger charge is -2.11. The summed E-state index contributed by atoms with van der Waals surface area (Å²) in [5.74, 6) is -0.222. The topological polar surface area (TPSA) is 38.7 Å². The number of nitrogens with zero attached hydrogens (tertiary/aromatic N) is 1. The highest BCUT2D eigenvalue weighted by Gasteiger charge is 2.16. The van der Waals surface area contributed by atoms with Gasteiger partial charge in [0.1, 0.15) is 5.75 Å². The molecule has 3 nitrogen and oxygen atoms in total. The highest BCUT2D eigenvalue weighted by atomic mass is 35.5. The maximum Gasteiger partial charge on any atom is 0.345 e. The molecule has 0 aromatic heterocycles. The molecule has 0 amide bonds. The Kier molecular flexibility index (Phi) is 6.05. The van der Waals surface area contributed by atoms with E-state index in [2.05, 4.69) is 4.99 Å². The van der Waals surface area contributed by atoms with Gasteiger partial charge in [0.25, 0.3) is 0 Å². The summed E-state index contributed by atoms with van der Waals surface area (Å²) >= 11 is 18.3. The normalized spacial score (nSPS) is 11.2. The predicted molar refractivity (Wildman–Crippen MR) is 124 cm³/mol. The van der Waals surface area contributed by atoms with Crippen LogP contribution in [0.4, 0.5) is 5.69 Å². The first-order chi connectivity index (χ1) is 14.5. The average molecular weight is 455 g/mol. The number of para-hydroxylation sites is 1. The first kappa shape index (κ1) is 20.4. The standard InChI is InChI=1S/C24H14Cl3NO2/c25-16-10-11-18(21(27)13-16)24(29)30-23-12-9-15-5-1-2-6-17(15)19(23)14-28-22-8-4-3-7-20(22)26/h1-14H. The van der Waals surface area contributed by atoms with E-state index in [1.165, 1.54) is 12.1 Å². The molecular weight excluding hydrogens is 441 g/mol. The molecule has 4 aromatic carbocycles. The quantitative estimate of drug-likeness (QED) is 0.179. The fourth-order valence-electron chi connectivity index (χ4n) is 3.00. The largest absolute Gasteiger partial charge is 0.422 e. The third kappa shape index (κ3) is 4.34. The lowest BCUT2D eigenvalue weighted by molar-refractivity contribution is 0.0735. The summed E-state index contributed by atoms with van der Waals surface area (Å²) < 4.78 is 5.69. The zero-order valence-corrected chi connectivity index (χ0v) is 17.7. The van der Waals surface area contributed by atoms with Gasteiger partial charge in [-0.25, -0.2) is 4.79 Å². The molecule has 0 radical (unpaired) electrons. The number of ether oxygens (including phenoxy) is 1. The summed E-state index contributed by atoms with van der Waals surface area (Å²) in [6.07, 6.45) is 1.65. The van der Waals surface area contributed by atoms with Crippen LogP contribution < -0.4 is 4.74 Å².